The van der Waals surface area contributed by atoms with Crippen LogP contribution in [0, 0.1) is 19.8 Å². The lowest BCUT2D eigenvalue weighted by Gasteiger charge is -2.32. The van der Waals surface area contributed by atoms with Gasteiger partial charge in [0.2, 0.25) is 5.71 Å². The van der Waals surface area contributed by atoms with Crippen molar-refractivity contribution >= 4 is 22.8 Å². The fourth-order valence-electron chi connectivity index (χ4n) is 5.02. The number of fused-ring (bicyclic) bond motifs is 1. The molecule has 180 valence electrons. The Balaban J connectivity index is 1.22. The minimum Gasteiger partial charge on any atom is -0.442 e. The molecule has 8 heteroatoms. The van der Waals surface area contributed by atoms with E-state index in [1.54, 1.807) is 0 Å². The molecule has 1 N–H and O–H groups in total. The summed E-state index contributed by atoms with van der Waals surface area (Å²) in [5, 5.41) is 3.88. The topological polar surface area (TPSA) is 83.7 Å². The molecule has 5 rings (SSSR count). The van der Waals surface area contributed by atoms with Crippen LogP contribution in [0.1, 0.15) is 40.1 Å². The third kappa shape index (κ3) is 4.79. The predicted molar refractivity (Wildman–Crippen MR) is 131 cm³/mol. The number of likely N-dealkylation sites (tertiary alicyclic amines) is 1. The van der Waals surface area contributed by atoms with E-state index in [1.165, 1.54) is 17.5 Å². The first-order valence-corrected chi connectivity index (χ1v) is 12.2. The molecule has 1 aromatic carbocycles. The summed E-state index contributed by atoms with van der Waals surface area (Å²) in [5.74, 6) is 1.70. The molecule has 8 nitrogen and oxygen atoms in total. The number of nitrogens with zero attached hydrogens (tertiary/aromatic N) is 4. The third-order valence-corrected chi connectivity index (χ3v) is 7.10. The monoisotopic (exact) mass is 463 g/mol. The van der Waals surface area contributed by atoms with Crippen LogP contribution in [0.5, 0.6) is 0 Å². The van der Waals surface area contributed by atoms with Crippen molar-refractivity contribution in [3.63, 3.8) is 0 Å². The maximum absolute atomic E-state index is 13.3. The number of anilines is 1. The van der Waals surface area contributed by atoms with Crippen LogP contribution in [0.4, 0.5) is 5.82 Å². The number of morpholine rings is 1. The largest absolute Gasteiger partial charge is 0.442 e. The molecule has 0 radical (unpaired) electrons. The summed E-state index contributed by atoms with van der Waals surface area (Å²) in [4.78, 5) is 26.7. The third-order valence-electron chi connectivity index (χ3n) is 7.10. The Morgan fingerprint density at radius 3 is 2.62 bits per heavy atom. The zero-order chi connectivity index (χ0) is 23.5. The van der Waals surface area contributed by atoms with Crippen LogP contribution in [-0.4, -0.2) is 66.7 Å². The highest BCUT2D eigenvalue weighted by Gasteiger charge is 2.27. The molecular weight excluding hydrogens is 430 g/mol. The molecule has 34 heavy (non-hydrogen) atoms. The lowest BCUT2D eigenvalue weighted by Crippen LogP contribution is -2.39. The van der Waals surface area contributed by atoms with Crippen LogP contribution >= 0.6 is 0 Å². The van der Waals surface area contributed by atoms with Gasteiger partial charge in [0.1, 0.15) is 17.9 Å². The minimum atomic E-state index is -0.108. The van der Waals surface area contributed by atoms with Gasteiger partial charge >= 0.3 is 0 Å². The van der Waals surface area contributed by atoms with Crippen LogP contribution in [0.15, 0.2) is 35.0 Å². The van der Waals surface area contributed by atoms with Crippen LogP contribution in [-0.2, 0) is 11.3 Å². The van der Waals surface area contributed by atoms with E-state index in [4.69, 9.17) is 9.15 Å². The summed E-state index contributed by atoms with van der Waals surface area (Å²) in [5.41, 5.74) is 3.76. The Morgan fingerprint density at radius 2 is 1.85 bits per heavy atom. The molecule has 2 aliphatic heterocycles. The molecule has 0 atom stereocenters. The fourth-order valence-corrected chi connectivity index (χ4v) is 5.02. The fraction of sp³-hybridized carbons (Fsp3) is 0.500. The van der Waals surface area contributed by atoms with E-state index in [2.05, 4.69) is 56.3 Å². The molecule has 0 spiro atoms. The highest BCUT2D eigenvalue weighted by molar-refractivity contribution is 6.10. The van der Waals surface area contributed by atoms with E-state index in [9.17, 15) is 4.79 Å². The van der Waals surface area contributed by atoms with Gasteiger partial charge in [-0.1, -0.05) is 24.3 Å². The number of piperidine rings is 1. The molecule has 0 unspecified atom stereocenters. The van der Waals surface area contributed by atoms with E-state index >= 15 is 0 Å². The number of carbonyl (C=O) groups is 1. The van der Waals surface area contributed by atoms with Crippen LogP contribution in [0.3, 0.4) is 0 Å². The summed E-state index contributed by atoms with van der Waals surface area (Å²) in [6, 6.07) is 8.60. The van der Waals surface area contributed by atoms with Crippen molar-refractivity contribution in [3.05, 3.63) is 53.0 Å². The normalized spacial score (nSPS) is 17.9. The van der Waals surface area contributed by atoms with Gasteiger partial charge in [-0.25, -0.2) is 9.97 Å². The molecular formula is C26H33N5O3. The van der Waals surface area contributed by atoms with E-state index in [0.29, 0.717) is 48.1 Å². The van der Waals surface area contributed by atoms with E-state index < -0.39 is 0 Å². The number of ether oxygens (including phenoxy) is 1. The van der Waals surface area contributed by atoms with Crippen molar-refractivity contribution in [2.75, 3.05) is 50.8 Å². The number of nitrogens with one attached hydrogen (secondary N) is 1. The zero-order valence-corrected chi connectivity index (χ0v) is 20.0. The Hall–Kier alpha value is -2.97. The van der Waals surface area contributed by atoms with Gasteiger partial charge in [0.05, 0.1) is 24.2 Å². The number of hydrogen-bond donors (Lipinski definition) is 1. The minimum absolute atomic E-state index is 0.108. The Morgan fingerprint density at radius 1 is 1.09 bits per heavy atom. The number of aromatic nitrogens is 2. The number of benzene rings is 1. The molecule has 4 heterocycles. The Bertz CT molecular complexity index is 1150. The maximum atomic E-state index is 13.3. The van der Waals surface area contributed by atoms with Crippen LogP contribution in [0.25, 0.3) is 11.1 Å². The first kappa shape index (κ1) is 22.8. The van der Waals surface area contributed by atoms with E-state index in [0.717, 1.165) is 51.4 Å². The molecule has 2 aromatic heterocycles. The van der Waals surface area contributed by atoms with E-state index in [1.807, 2.05) is 6.92 Å². The van der Waals surface area contributed by atoms with Crippen LogP contribution in [0.2, 0.25) is 0 Å². The molecule has 2 fully saturated rings. The number of furan rings is 1. The van der Waals surface area contributed by atoms with Crippen molar-refractivity contribution in [1.29, 1.82) is 0 Å². The number of rotatable bonds is 6. The summed E-state index contributed by atoms with van der Waals surface area (Å²) < 4.78 is 11.3. The molecule has 3 aromatic rings. The smallest absolute Gasteiger partial charge is 0.255 e. The van der Waals surface area contributed by atoms with Crippen molar-refractivity contribution in [2.24, 2.45) is 5.92 Å². The second-order valence-electron chi connectivity index (χ2n) is 9.37. The second-order valence-corrected chi connectivity index (χ2v) is 9.37. The molecule has 2 saturated heterocycles. The average molecular weight is 464 g/mol. The van der Waals surface area contributed by atoms with Gasteiger partial charge in [-0.15, -0.1) is 0 Å². The Labute approximate surface area is 200 Å². The van der Waals surface area contributed by atoms with Crippen molar-refractivity contribution in [1.82, 2.24) is 20.2 Å². The summed E-state index contributed by atoms with van der Waals surface area (Å²) in [6.07, 6.45) is 3.67. The zero-order valence-electron chi connectivity index (χ0n) is 20.0. The van der Waals surface area contributed by atoms with Gasteiger partial charge in [0.25, 0.3) is 5.91 Å². The SMILES string of the molecule is Cc1ccccc1CN1CCC(CNC(=O)c2c(C)oc3ncnc(N4CCOCC4)c23)CC1. The first-order valence-electron chi connectivity index (χ1n) is 12.2. The lowest BCUT2D eigenvalue weighted by molar-refractivity contribution is 0.0935. The van der Waals surface area contributed by atoms with Crippen LogP contribution < -0.4 is 10.2 Å². The van der Waals surface area contributed by atoms with Crippen molar-refractivity contribution < 1.29 is 13.9 Å². The molecule has 0 saturated carbocycles. The van der Waals surface area contributed by atoms with Crippen molar-refractivity contribution in [2.45, 2.75) is 33.2 Å². The highest BCUT2D eigenvalue weighted by Crippen LogP contribution is 2.31. The molecule has 0 aliphatic carbocycles. The van der Waals surface area contributed by atoms with Gasteiger partial charge in [-0.2, -0.15) is 0 Å². The van der Waals surface area contributed by atoms with Gasteiger partial charge in [0.15, 0.2) is 0 Å². The molecule has 0 bridgehead atoms. The van der Waals surface area contributed by atoms with E-state index in [-0.39, 0.29) is 5.91 Å². The van der Waals surface area contributed by atoms with Gasteiger partial charge in [-0.3, -0.25) is 9.69 Å². The van der Waals surface area contributed by atoms with Gasteiger partial charge < -0.3 is 19.4 Å². The maximum Gasteiger partial charge on any atom is 0.255 e. The van der Waals surface area contributed by atoms with Gasteiger partial charge in [-0.05, 0) is 56.8 Å². The summed E-state index contributed by atoms with van der Waals surface area (Å²) in [7, 11) is 0. The van der Waals surface area contributed by atoms with Gasteiger partial charge in [0, 0.05) is 26.2 Å². The van der Waals surface area contributed by atoms with Crippen molar-refractivity contribution in [3.8, 4) is 0 Å². The lowest BCUT2D eigenvalue weighted by atomic mass is 9.96. The first-order chi connectivity index (χ1) is 16.6. The molecule has 1 amide bonds. The quantitative estimate of drug-likeness (QED) is 0.600. The summed E-state index contributed by atoms with van der Waals surface area (Å²) >= 11 is 0. The second kappa shape index (κ2) is 10.1. The number of amides is 1. The average Bonchev–Trinajstić information content (AvgIpc) is 3.21. The predicted octanol–water partition coefficient (Wildman–Crippen LogP) is 3.32. The Kier molecular flexibility index (Phi) is 6.78. The highest BCUT2D eigenvalue weighted by atomic mass is 16.5. The standard InChI is InChI=1S/C26H33N5O3/c1-18-5-3-4-6-21(18)16-30-9-7-20(8-10-30)15-27-25(32)22-19(2)34-26-23(22)24(28-17-29-26)31-11-13-33-14-12-31/h3-6,17,20H,7-16H2,1-2H3,(H,27,32). The molecule has 2 aliphatic rings. The number of carbonyl (C=O) groups excluding carboxylic acids is 1. The summed E-state index contributed by atoms with van der Waals surface area (Å²) in [6.45, 7) is 10.5. The number of aryl methyl sites for hydroxylation is 2. The number of hydrogen-bond acceptors (Lipinski definition) is 7.